The Bertz CT molecular complexity index is 734. The van der Waals surface area contributed by atoms with Gasteiger partial charge in [0.2, 0.25) is 0 Å². The van der Waals surface area contributed by atoms with Gasteiger partial charge in [0.05, 0.1) is 10.6 Å². The van der Waals surface area contributed by atoms with Gasteiger partial charge in [-0.2, -0.15) is 0 Å². The van der Waals surface area contributed by atoms with Crippen LogP contribution in [0, 0.1) is 15.9 Å². The molecule has 23 heavy (non-hydrogen) atoms. The Kier molecular flexibility index (Phi) is 5.24. The molecule has 2 rings (SSSR count). The number of nitro benzene ring substituents is 1. The predicted octanol–water partition coefficient (Wildman–Crippen LogP) is 3.31. The summed E-state index contributed by atoms with van der Waals surface area (Å²) in [5.41, 5.74) is 0.386. The minimum Gasteiger partial charge on any atom is -0.483 e. The van der Waals surface area contributed by atoms with Crippen molar-refractivity contribution < 1.29 is 18.8 Å². The number of halogens is 1. The molecule has 0 heterocycles. The Morgan fingerprint density at radius 2 is 2.04 bits per heavy atom. The lowest BCUT2D eigenvalue weighted by Gasteiger charge is -2.10. The number of nitro groups is 1. The lowest BCUT2D eigenvalue weighted by atomic mass is 10.1. The molecule has 2 aromatic carbocycles. The van der Waals surface area contributed by atoms with Crippen LogP contribution < -0.4 is 10.1 Å². The Hall–Kier alpha value is -2.96. The van der Waals surface area contributed by atoms with E-state index in [0.29, 0.717) is 5.75 Å². The number of non-ortho nitro benzene ring substituents is 1. The average Bonchev–Trinajstić information content (AvgIpc) is 2.55. The third-order valence-corrected chi connectivity index (χ3v) is 3.15. The van der Waals surface area contributed by atoms with Gasteiger partial charge in [-0.05, 0) is 24.1 Å². The highest BCUT2D eigenvalue weighted by atomic mass is 19.1. The fourth-order valence-corrected chi connectivity index (χ4v) is 1.99. The molecule has 6 nitrogen and oxygen atoms in total. The second-order valence-electron chi connectivity index (χ2n) is 4.72. The molecule has 0 saturated heterocycles. The van der Waals surface area contributed by atoms with Crippen LogP contribution in [0.5, 0.6) is 5.75 Å². The summed E-state index contributed by atoms with van der Waals surface area (Å²) < 4.78 is 19.0. The van der Waals surface area contributed by atoms with Gasteiger partial charge in [-0.3, -0.25) is 14.9 Å². The van der Waals surface area contributed by atoms with Crippen molar-refractivity contribution in [3.63, 3.8) is 0 Å². The van der Waals surface area contributed by atoms with Crippen molar-refractivity contribution in [2.45, 2.75) is 13.3 Å². The summed E-state index contributed by atoms with van der Waals surface area (Å²) >= 11 is 0. The SMILES string of the molecule is CCc1ccccc1OCC(=O)Nc1cc([N+](=O)[O-])ccc1F. The van der Waals surface area contributed by atoms with Gasteiger partial charge in [0.15, 0.2) is 6.61 Å². The van der Waals surface area contributed by atoms with Gasteiger partial charge in [-0.25, -0.2) is 4.39 Å². The number of aryl methyl sites for hydroxylation is 1. The van der Waals surface area contributed by atoms with E-state index in [9.17, 15) is 19.3 Å². The van der Waals surface area contributed by atoms with E-state index in [1.807, 2.05) is 19.1 Å². The molecule has 0 bridgehead atoms. The molecule has 0 unspecified atom stereocenters. The van der Waals surface area contributed by atoms with Crippen LogP contribution in [0.25, 0.3) is 0 Å². The standard InChI is InChI=1S/C16H15FN2O4/c1-2-11-5-3-4-6-15(11)23-10-16(20)18-14-9-12(19(21)22)7-8-13(14)17/h3-9H,2,10H2,1H3,(H,18,20). The molecule has 120 valence electrons. The van der Waals surface area contributed by atoms with E-state index >= 15 is 0 Å². The maximum atomic E-state index is 13.6. The highest BCUT2D eigenvalue weighted by molar-refractivity contribution is 5.92. The zero-order valence-electron chi connectivity index (χ0n) is 12.4. The number of carbonyl (C=O) groups excluding carboxylic acids is 1. The van der Waals surface area contributed by atoms with E-state index in [1.165, 1.54) is 0 Å². The molecule has 0 radical (unpaired) electrons. The molecule has 0 aliphatic rings. The number of para-hydroxylation sites is 1. The van der Waals surface area contributed by atoms with E-state index in [2.05, 4.69) is 5.32 Å². The molecular weight excluding hydrogens is 303 g/mol. The van der Waals surface area contributed by atoms with Crippen molar-refractivity contribution >= 4 is 17.3 Å². The van der Waals surface area contributed by atoms with Crippen LogP contribution in [0.1, 0.15) is 12.5 Å². The first-order chi connectivity index (χ1) is 11.0. The summed E-state index contributed by atoms with van der Waals surface area (Å²) in [6, 6.07) is 10.2. The largest absolute Gasteiger partial charge is 0.483 e. The Morgan fingerprint density at radius 1 is 1.30 bits per heavy atom. The van der Waals surface area contributed by atoms with Crippen LogP contribution in [0.3, 0.4) is 0 Å². The molecule has 1 N–H and O–H groups in total. The minimum absolute atomic E-state index is 0.253. The average molecular weight is 318 g/mol. The van der Waals surface area contributed by atoms with Gasteiger partial charge in [-0.15, -0.1) is 0 Å². The van der Waals surface area contributed by atoms with Gasteiger partial charge < -0.3 is 10.1 Å². The van der Waals surface area contributed by atoms with Crippen molar-refractivity contribution in [2.75, 3.05) is 11.9 Å². The maximum absolute atomic E-state index is 13.6. The summed E-state index contributed by atoms with van der Waals surface area (Å²) in [6.45, 7) is 1.64. The van der Waals surface area contributed by atoms with Crippen LogP contribution in [0.2, 0.25) is 0 Å². The lowest BCUT2D eigenvalue weighted by molar-refractivity contribution is -0.384. The van der Waals surface area contributed by atoms with Gasteiger partial charge in [-0.1, -0.05) is 25.1 Å². The summed E-state index contributed by atoms with van der Waals surface area (Å²) in [6.07, 6.45) is 0.747. The quantitative estimate of drug-likeness (QED) is 0.654. The minimum atomic E-state index is -0.752. The number of rotatable bonds is 6. The van der Waals surface area contributed by atoms with Gasteiger partial charge >= 0.3 is 0 Å². The van der Waals surface area contributed by atoms with Crippen molar-refractivity contribution in [3.8, 4) is 5.75 Å². The number of nitrogens with one attached hydrogen (secondary N) is 1. The van der Waals surface area contributed by atoms with E-state index in [1.54, 1.807) is 12.1 Å². The van der Waals surface area contributed by atoms with Crippen molar-refractivity contribution in [1.29, 1.82) is 0 Å². The predicted molar refractivity (Wildman–Crippen MR) is 83.0 cm³/mol. The molecule has 0 aliphatic heterocycles. The Morgan fingerprint density at radius 3 is 2.74 bits per heavy atom. The monoisotopic (exact) mass is 318 g/mol. The fraction of sp³-hybridized carbons (Fsp3) is 0.188. The number of amides is 1. The third-order valence-electron chi connectivity index (χ3n) is 3.15. The summed E-state index contributed by atoms with van der Waals surface area (Å²) in [5, 5.41) is 12.9. The van der Waals surface area contributed by atoms with Crippen molar-refractivity contribution in [1.82, 2.24) is 0 Å². The van der Waals surface area contributed by atoms with E-state index < -0.39 is 16.6 Å². The number of hydrogen-bond donors (Lipinski definition) is 1. The number of anilines is 1. The first-order valence-electron chi connectivity index (χ1n) is 6.95. The molecule has 0 fully saturated rings. The summed E-state index contributed by atoms with van der Waals surface area (Å²) in [4.78, 5) is 21.9. The highest BCUT2D eigenvalue weighted by Crippen LogP contribution is 2.22. The Balaban J connectivity index is 2.02. The van der Waals surface area contributed by atoms with E-state index in [-0.39, 0.29) is 18.0 Å². The van der Waals surface area contributed by atoms with Crippen LogP contribution >= 0.6 is 0 Å². The zero-order chi connectivity index (χ0) is 16.8. The first kappa shape index (κ1) is 16.4. The molecule has 7 heteroatoms. The molecule has 2 aromatic rings. The normalized spacial score (nSPS) is 10.2. The number of ether oxygens (including phenoxy) is 1. The topological polar surface area (TPSA) is 81.5 Å². The van der Waals surface area contributed by atoms with Crippen molar-refractivity contribution in [3.05, 3.63) is 64.0 Å². The molecule has 0 aromatic heterocycles. The molecular formula is C16H15FN2O4. The number of hydrogen-bond acceptors (Lipinski definition) is 4. The second-order valence-corrected chi connectivity index (χ2v) is 4.72. The van der Waals surface area contributed by atoms with Crippen LogP contribution in [-0.2, 0) is 11.2 Å². The third kappa shape index (κ3) is 4.26. The lowest BCUT2D eigenvalue weighted by Crippen LogP contribution is -2.21. The van der Waals surface area contributed by atoms with Gasteiger partial charge in [0, 0.05) is 12.1 Å². The molecule has 0 saturated carbocycles. The molecule has 0 aliphatic carbocycles. The zero-order valence-corrected chi connectivity index (χ0v) is 12.4. The summed E-state index contributed by atoms with van der Waals surface area (Å²) in [7, 11) is 0. The van der Waals surface area contributed by atoms with E-state index in [4.69, 9.17) is 4.74 Å². The first-order valence-corrected chi connectivity index (χ1v) is 6.95. The summed E-state index contributed by atoms with van der Waals surface area (Å²) in [5.74, 6) is -0.780. The molecule has 1 amide bonds. The van der Waals surface area contributed by atoms with Gasteiger partial charge in [0.25, 0.3) is 11.6 Å². The highest BCUT2D eigenvalue weighted by Gasteiger charge is 2.13. The maximum Gasteiger partial charge on any atom is 0.271 e. The number of nitrogens with zero attached hydrogens (tertiary/aromatic N) is 1. The fourth-order valence-electron chi connectivity index (χ4n) is 1.99. The van der Waals surface area contributed by atoms with Gasteiger partial charge in [0.1, 0.15) is 11.6 Å². The number of benzene rings is 2. The van der Waals surface area contributed by atoms with Crippen LogP contribution in [0.4, 0.5) is 15.8 Å². The number of carbonyl (C=O) groups is 1. The van der Waals surface area contributed by atoms with Crippen LogP contribution in [-0.4, -0.2) is 17.4 Å². The molecule has 0 spiro atoms. The van der Waals surface area contributed by atoms with Crippen LogP contribution in [0.15, 0.2) is 42.5 Å². The second kappa shape index (κ2) is 7.35. The van der Waals surface area contributed by atoms with Crippen molar-refractivity contribution in [2.24, 2.45) is 0 Å². The Labute approximate surface area is 132 Å². The smallest absolute Gasteiger partial charge is 0.271 e. The molecule has 0 atom stereocenters. The van der Waals surface area contributed by atoms with E-state index in [0.717, 1.165) is 30.2 Å².